The smallest absolute Gasteiger partial charge is 0.252 e. The van der Waals surface area contributed by atoms with Crippen LogP contribution in [-0.4, -0.2) is 20.4 Å². The van der Waals surface area contributed by atoms with Crippen LogP contribution in [0.1, 0.15) is 11.1 Å². The molecule has 5 heterocycles. The molecule has 0 radical (unpaired) electrons. The molecule has 0 fully saturated rings. The molecule has 0 amide bonds. The Labute approximate surface area is 542 Å². The first kappa shape index (κ1) is 53.0. The number of fused-ring (bicyclic) bond motifs is 13. The predicted molar refractivity (Wildman–Crippen MR) is 389 cm³/mol. The second-order valence-corrected chi connectivity index (χ2v) is 24.4. The van der Waals surface area contributed by atoms with E-state index in [-0.39, 0.29) is 0 Å². The lowest BCUT2D eigenvalue weighted by atomic mass is 9.33. The molecule has 0 N–H and O–H groups in total. The van der Waals surface area contributed by atoms with Crippen LogP contribution < -0.4 is 26.2 Å². The summed E-state index contributed by atoms with van der Waals surface area (Å²) >= 11 is 0. The molecule has 17 aromatic rings. The maximum absolute atomic E-state index is 13.0. The maximum atomic E-state index is 13.0. The van der Waals surface area contributed by atoms with Crippen LogP contribution in [0.25, 0.3) is 116 Å². The van der Waals surface area contributed by atoms with Gasteiger partial charge in [-0.2, -0.15) is 10.5 Å². The zero-order valence-corrected chi connectivity index (χ0v) is 50.7. The molecule has 2 aliphatic rings. The summed E-state index contributed by atoms with van der Waals surface area (Å²) in [5.74, 6) is 0. The van der Waals surface area contributed by atoms with Crippen molar-refractivity contribution >= 4 is 123 Å². The summed E-state index contributed by atoms with van der Waals surface area (Å²) in [5.41, 5.74) is 23.3. The van der Waals surface area contributed by atoms with Crippen LogP contribution in [-0.2, 0) is 0 Å². The number of para-hydroxylation sites is 8. The zero-order valence-electron chi connectivity index (χ0n) is 50.7. The van der Waals surface area contributed by atoms with Crippen LogP contribution >= 0.6 is 0 Å². The summed E-state index contributed by atoms with van der Waals surface area (Å²) in [6.45, 7) is -0.527. The predicted octanol–water partition coefficient (Wildman–Crippen LogP) is 19.8. The number of aromatic nitrogens is 3. The summed E-state index contributed by atoms with van der Waals surface area (Å²) in [5, 5.41) is 32.6. The summed E-state index contributed by atoms with van der Waals surface area (Å²) in [6, 6.07) is 119. The van der Waals surface area contributed by atoms with E-state index in [0.29, 0.717) is 28.2 Å². The van der Waals surface area contributed by atoms with Crippen LogP contribution in [0.4, 0.5) is 34.1 Å². The molecule has 8 heteroatoms. The van der Waals surface area contributed by atoms with Crippen LogP contribution in [0.15, 0.2) is 315 Å². The van der Waals surface area contributed by atoms with Crippen molar-refractivity contribution in [3.63, 3.8) is 0 Å². The van der Waals surface area contributed by atoms with Gasteiger partial charge in [0.05, 0.1) is 61.5 Å². The van der Waals surface area contributed by atoms with Crippen LogP contribution in [0.2, 0.25) is 0 Å². The van der Waals surface area contributed by atoms with E-state index < -0.39 is 6.71 Å². The molecule has 434 valence electrons. The normalized spacial score (nSPS) is 12.4. The molecule has 14 aromatic carbocycles. The van der Waals surface area contributed by atoms with Crippen molar-refractivity contribution in [3.05, 3.63) is 327 Å². The molecule has 0 unspecified atom stereocenters. The number of anilines is 6. The highest BCUT2D eigenvalue weighted by Gasteiger charge is 2.49. The molecule has 0 spiro atoms. The maximum Gasteiger partial charge on any atom is 0.252 e. The van der Waals surface area contributed by atoms with E-state index in [0.717, 1.165) is 149 Å². The fraction of sp³-hybridized carbons (Fsp3) is 0. The average Bonchev–Trinajstić information content (AvgIpc) is 0.777. The number of nitriles is 2. The lowest BCUT2D eigenvalue weighted by Crippen LogP contribution is -2.62. The standard InChI is InChI=1S/C86H52BN7/c88-53-69-84(92-78-45-22-15-36-67(78)68-37-16-23-46-79(68)92)70(54-89)86-82-85(69)93(73-40-17-10-31-60(73)55-25-4-1-5-26-55)80-51-58(90-74-41-18-11-32-63(74)64-33-12-19-42-75(64)90)47-49-71(80)87(82)72-50-48-59(91-76-43-20-13-34-65(76)66-35-14-21-44-77(66)91)52-81(72)94(86)83-61(56-27-6-2-7-28-56)38-24-39-62(83)57-29-8-3-9-30-57/h1-52H. The molecule has 0 atom stereocenters. The molecular formula is C86H52BN7. The van der Waals surface area contributed by atoms with Gasteiger partial charge in [-0.25, -0.2) is 0 Å². The van der Waals surface area contributed by atoms with Gasteiger partial charge in [0.25, 0.3) is 6.71 Å². The molecule has 0 saturated carbocycles. The lowest BCUT2D eigenvalue weighted by molar-refractivity contribution is 1.13. The second-order valence-electron chi connectivity index (χ2n) is 24.4. The van der Waals surface area contributed by atoms with E-state index in [4.69, 9.17) is 0 Å². The Morgan fingerprint density at radius 1 is 0.255 bits per heavy atom. The summed E-state index contributed by atoms with van der Waals surface area (Å²) in [4.78, 5) is 4.82. The van der Waals surface area contributed by atoms with Gasteiger partial charge in [-0.1, -0.05) is 249 Å². The van der Waals surface area contributed by atoms with Crippen molar-refractivity contribution in [1.82, 2.24) is 13.7 Å². The van der Waals surface area contributed by atoms with E-state index in [9.17, 15) is 10.5 Å². The van der Waals surface area contributed by atoms with Gasteiger partial charge in [-0.15, -0.1) is 0 Å². The Balaban J connectivity index is 1.04. The average molecular weight is 1190 g/mol. The zero-order chi connectivity index (χ0) is 62.1. The van der Waals surface area contributed by atoms with Gasteiger partial charge in [0, 0.05) is 71.8 Å². The monoisotopic (exact) mass is 1190 g/mol. The minimum absolute atomic E-state index is 0.378. The van der Waals surface area contributed by atoms with Gasteiger partial charge in [0.15, 0.2) is 0 Å². The molecule has 0 aliphatic carbocycles. The number of hydrogen-bond acceptors (Lipinski definition) is 4. The van der Waals surface area contributed by atoms with Crippen molar-refractivity contribution in [2.45, 2.75) is 0 Å². The van der Waals surface area contributed by atoms with Crippen molar-refractivity contribution in [2.24, 2.45) is 0 Å². The highest BCUT2D eigenvalue weighted by atomic mass is 15.2. The topological polar surface area (TPSA) is 68.8 Å². The van der Waals surface area contributed by atoms with Gasteiger partial charge >= 0.3 is 0 Å². The lowest BCUT2D eigenvalue weighted by Gasteiger charge is -2.46. The first-order chi connectivity index (χ1) is 46.6. The summed E-state index contributed by atoms with van der Waals surface area (Å²) < 4.78 is 7.00. The minimum Gasteiger partial charge on any atom is -0.309 e. The van der Waals surface area contributed by atoms with Crippen LogP contribution in [0, 0.1) is 22.7 Å². The summed E-state index contributed by atoms with van der Waals surface area (Å²) in [7, 11) is 0. The van der Waals surface area contributed by atoms with E-state index in [1.165, 1.54) is 0 Å². The molecule has 0 saturated heterocycles. The molecule has 2 aliphatic heterocycles. The number of hydrogen-bond donors (Lipinski definition) is 0. The molecule has 0 bridgehead atoms. The van der Waals surface area contributed by atoms with E-state index in [1.54, 1.807) is 0 Å². The number of benzene rings is 14. The quantitative estimate of drug-likeness (QED) is 0.142. The Hall–Kier alpha value is -12.9. The first-order valence-corrected chi connectivity index (χ1v) is 31.9. The van der Waals surface area contributed by atoms with Crippen molar-refractivity contribution < 1.29 is 0 Å². The highest BCUT2D eigenvalue weighted by Crippen LogP contribution is 2.55. The molecule has 7 nitrogen and oxygen atoms in total. The van der Waals surface area contributed by atoms with Gasteiger partial charge in [0.2, 0.25) is 0 Å². The third-order valence-corrected chi connectivity index (χ3v) is 19.7. The minimum atomic E-state index is -0.527. The summed E-state index contributed by atoms with van der Waals surface area (Å²) in [6.07, 6.45) is 0. The number of nitrogens with zero attached hydrogens (tertiary/aromatic N) is 7. The van der Waals surface area contributed by atoms with Gasteiger partial charge in [0.1, 0.15) is 23.3 Å². The molecule has 94 heavy (non-hydrogen) atoms. The van der Waals surface area contributed by atoms with Gasteiger partial charge in [-0.3, -0.25) is 0 Å². The molecular weight excluding hydrogens is 1140 g/mol. The van der Waals surface area contributed by atoms with Crippen LogP contribution in [0.3, 0.4) is 0 Å². The van der Waals surface area contributed by atoms with Gasteiger partial charge in [-0.05, 0) is 99.8 Å². The first-order valence-electron chi connectivity index (χ1n) is 31.9. The van der Waals surface area contributed by atoms with E-state index in [1.807, 2.05) is 0 Å². The third kappa shape index (κ3) is 7.60. The SMILES string of the molecule is N#Cc1c2c3c(c(C#N)c1-n1c4ccccc4c4ccccc41)N(c1c(-c4ccccc4)cccc1-c1ccccc1)c1cc(-n4c5ccccc5c5ccccc54)ccc1B3c1ccc(-n3c4ccccc4c4ccccc43)cc1N2c1ccccc1-c1ccccc1. The van der Waals surface area contributed by atoms with Crippen LogP contribution in [0.5, 0.6) is 0 Å². The Bertz CT molecular complexity index is 5890. The van der Waals surface area contributed by atoms with E-state index in [2.05, 4.69) is 351 Å². The van der Waals surface area contributed by atoms with Crippen molar-refractivity contribution in [2.75, 3.05) is 9.80 Å². The fourth-order valence-electron chi connectivity index (χ4n) is 15.9. The second kappa shape index (κ2) is 20.8. The Morgan fingerprint density at radius 2 is 0.585 bits per heavy atom. The van der Waals surface area contributed by atoms with Crippen molar-refractivity contribution in [1.29, 1.82) is 10.5 Å². The highest BCUT2D eigenvalue weighted by molar-refractivity contribution is 7.00. The molecule has 19 rings (SSSR count). The Kier molecular flexibility index (Phi) is 11.8. The number of rotatable bonds is 8. The Morgan fingerprint density at radius 3 is 1.00 bits per heavy atom. The van der Waals surface area contributed by atoms with E-state index >= 15 is 0 Å². The third-order valence-electron chi connectivity index (χ3n) is 19.7. The largest absolute Gasteiger partial charge is 0.309 e. The molecule has 3 aromatic heterocycles. The van der Waals surface area contributed by atoms with Gasteiger partial charge < -0.3 is 23.5 Å². The van der Waals surface area contributed by atoms with Crippen molar-refractivity contribution in [3.8, 4) is 62.6 Å². The fourth-order valence-corrected chi connectivity index (χ4v) is 15.9.